The predicted octanol–water partition coefficient (Wildman–Crippen LogP) is 0.829. The number of fused-ring (bicyclic) bond motifs is 1. The molecule has 0 fully saturated rings. The van der Waals surface area contributed by atoms with Crippen LogP contribution < -0.4 is 5.32 Å². The van der Waals surface area contributed by atoms with Gasteiger partial charge in [0.15, 0.2) is 0 Å². The lowest BCUT2D eigenvalue weighted by molar-refractivity contribution is 0.0926. The minimum absolute atomic E-state index is 0.00431. The minimum Gasteiger partial charge on any atom is -0.349 e. The number of thiol groups is 1. The lowest BCUT2D eigenvalue weighted by atomic mass is 10.3. The van der Waals surface area contributed by atoms with E-state index in [-0.39, 0.29) is 5.91 Å². The molecule has 0 spiro atoms. The number of aromatic nitrogens is 1. The van der Waals surface area contributed by atoms with Gasteiger partial charge in [0.2, 0.25) is 0 Å². The van der Waals surface area contributed by atoms with Crippen LogP contribution in [0.4, 0.5) is 0 Å². The standard InChI is InChI=1S/C8H10N2OS/c1-5-4-6-7(11)9-2-3-10(6)8(5)12/h4,12H,2-3H2,1H3,(H,9,11). The first-order valence-electron chi connectivity index (χ1n) is 3.87. The molecule has 0 saturated carbocycles. The fourth-order valence-electron chi connectivity index (χ4n) is 1.46. The summed E-state index contributed by atoms with van der Waals surface area (Å²) in [7, 11) is 0. The number of hydrogen-bond donors (Lipinski definition) is 2. The van der Waals surface area contributed by atoms with Gasteiger partial charge in [0, 0.05) is 13.1 Å². The van der Waals surface area contributed by atoms with E-state index < -0.39 is 0 Å². The Hall–Kier alpha value is -0.900. The van der Waals surface area contributed by atoms with Gasteiger partial charge in [0.25, 0.3) is 5.91 Å². The van der Waals surface area contributed by atoms with Crippen molar-refractivity contribution >= 4 is 18.5 Å². The molecule has 12 heavy (non-hydrogen) atoms. The van der Waals surface area contributed by atoms with Crippen LogP contribution in [0.2, 0.25) is 0 Å². The highest BCUT2D eigenvalue weighted by Crippen LogP contribution is 2.20. The fraction of sp³-hybridized carbons (Fsp3) is 0.375. The van der Waals surface area contributed by atoms with Crippen LogP contribution in [0.1, 0.15) is 16.1 Å². The number of nitrogens with one attached hydrogen (secondary N) is 1. The minimum atomic E-state index is 0.00431. The van der Waals surface area contributed by atoms with Crippen molar-refractivity contribution in [3.05, 3.63) is 17.3 Å². The summed E-state index contributed by atoms with van der Waals surface area (Å²) in [5.41, 5.74) is 1.79. The van der Waals surface area contributed by atoms with Gasteiger partial charge >= 0.3 is 0 Å². The first kappa shape index (κ1) is 7.73. The number of amides is 1. The SMILES string of the molecule is Cc1cc2n(c1S)CCNC2=O. The zero-order valence-electron chi connectivity index (χ0n) is 6.79. The third-order valence-corrected chi connectivity index (χ3v) is 2.70. The van der Waals surface area contributed by atoms with E-state index >= 15 is 0 Å². The molecule has 0 unspecified atom stereocenters. The second-order valence-corrected chi connectivity index (χ2v) is 3.37. The first-order chi connectivity index (χ1) is 5.70. The highest BCUT2D eigenvalue weighted by Gasteiger charge is 2.19. The molecule has 3 nitrogen and oxygen atoms in total. The summed E-state index contributed by atoms with van der Waals surface area (Å²) in [6.45, 7) is 3.49. The van der Waals surface area contributed by atoms with E-state index in [1.54, 1.807) is 0 Å². The lowest BCUT2D eigenvalue weighted by Crippen LogP contribution is -2.35. The number of hydrogen-bond acceptors (Lipinski definition) is 2. The van der Waals surface area contributed by atoms with E-state index in [4.69, 9.17) is 0 Å². The van der Waals surface area contributed by atoms with Crippen LogP contribution in [0.25, 0.3) is 0 Å². The number of aryl methyl sites for hydroxylation is 1. The molecule has 1 N–H and O–H groups in total. The molecule has 1 aliphatic heterocycles. The number of carbonyl (C=O) groups is 1. The highest BCUT2D eigenvalue weighted by atomic mass is 32.1. The molecular weight excluding hydrogens is 172 g/mol. The smallest absolute Gasteiger partial charge is 0.268 e. The highest BCUT2D eigenvalue weighted by molar-refractivity contribution is 7.80. The first-order valence-corrected chi connectivity index (χ1v) is 4.32. The van der Waals surface area contributed by atoms with E-state index in [1.807, 2.05) is 17.6 Å². The van der Waals surface area contributed by atoms with Crippen LogP contribution in [0.3, 0.4) is 0 Å². The van der Waals surface area contributed by atoms with Gasteiger partial charge in [-0.1, -0.05) is 0 Å². The summed E-state index contributed by atoms with van der Waals surface area (Å²) in [5.74, 6) is 0.00431. The van der Waals surface area contributed by atoms with Gasteiger partial charge in [-0.15, -0.1) is 12.6 Å². The molecule has 0 bridgehead atoms. The molecule has 64 valence electrons. The Bertz CT molecular complexity index is 343. The van der Waals surface area contributed by atoms with Crippen molar-refractivity contribution in [1.29, 1.82) is 0 Å². The van der Waals surface area contributed by atoms with Crippen molar-refractivity contribution in [2.75, 3.05) is 6.54 Å². The molecular formula is C8H10N2OS. The molecule has 0 aromatic carbocycles. The zero-order chi connectivity index (χ0) is 8.72. The fourth-order valence-corrected chi connectivity index (χ4v) is 1.73. The van der Waals surface area contributed by atoms with Crippen LogP contribution in [-0.2, 0) is 6.54 Å². The van der Waals surface area contributed by atoms with E-state index in [2.05, 4.69) is 17.9 Å². The molecule has 2 rings (SSSR count). The predicted molar refractivity (Wildman–Crippen MR) is 48.8 cm³/mol. The van der Waals surface area contributed by atoms with Gasteiger partial charge in [-0.25, -0.2) is 0 Å². The maximum Gasteiger partial charge on any atom is 0.268 e. The average molecular weight is 182 g/mol. The number of nitrogens with zero attached hydrogens (tertiary/aromatic N) is 1. The third-order valence-electron chi connectivity index (χ3n) is 2.11. The second kappa shape index (κ2) is 2.55. The zero-order valence-corrected chi connectivity index (χ0v) is 7.69. The van der Waals surface area contributed by atoms with Crippen molar-refractivity contribution in [2.24, 2.45) is 0 Å². The molecule has 0 saturated heterocycles. The quantitative estimate of drug-likeness (QED) is 0.572. The molecule has 1 amide bonds. The molecule has 0 aliphatic carbocycles. The Morgan fingerprint density at radius 3 is 3.08 bits per heavy atom. The summed E-state index contributed by atoms with van der Waals surface area (Å²) in [6, 6.07) is 1.87. The molecule has 1 aliphatic rings. The van der Waals surface area contributed by atoms with Gasteiger partial charge in [-0.05, 0) is 18.6 Å². The van der Waals surface area contributed by atoms with Gasteiger partial charge in [0.1, 0.15) is 5.69 Å². The molecule has 0 radical (unpaired) electrons. The van der Waals surface area contributed by atoms with E-state index in [0.717, 1.165) is 22.8 Å². The Kier molecular flexibility index (Phi) is 1.65. The van der Waals surface area contributed by atoms with Crippen molar-refractivity contribution < 1.29 is 4.79 Å². The molecule has 0 atom stereocenters. The van der Waals surface area contributed by atoms with Crippen molar-refractivity contribution in [3.8, 4) is 0 Å². The second-order valence-electron chi connectivity index (χ2n) is 2.94. The van der Waals surface area contributed by atoms with Gasteiger partial charge in [-0.3, -0.25) is 4.79 Å². The van der Waals surface area contributed by atoms with Crippen molar-refractivity contribution in [2.45, 2.75) is 18.5 Å². The van der Waals surface area contributed by atoms with Crippen LogP contribution >= 0.6 is 12.6 Å². The van der Waals surface area contributed by atoms with E-state index in [0.29, 0.717) is 6.54 Å². The van der Waals surface area contributed by atoms with Crippen molar-refractivity contribution in [1.82, 2.24) is 9.88 Å². The summed E-state index contributed by atoms with van der Waals surface area (Å²) < 4.78 is 1.94. The van der Waals surface area contributed by atoms with Crippen LogP contribution in [0, 0.1) is 6.92 Å². The maximum absolute atomic E-state index is 11.3. The normalized spacial score (nSPS) is 15.7. The number of carbonyl (C=O) groups excluding carboxylic acids is 1. The average Bonchev–Trinajstić information content (AvgIpc) is 2.32. The Labute approximate surface area is 76.2 Å². The number of rotatable bonds is 0. The molecule has 1 aromatic heterocycles. The summed E-state index contributed by atoms with van der Waals surface area (Å²) >= 11 is 4.32. The molecule has 4 heteroatoms. The van der Waals surface area contributed by atoms with E-state index in [1.165, 1.54) is 0 Å². The Balaban J connectivity index is 2.60. The topological polar surface area (TPSA) is 34.0 Å². The van der Waals surface area contributed by atoms with Crippen molar-refractivity contribution in [3.63, 3.8) is 0 Å². The summed E-state index contributed by atoms with van der Waals surface area (Å²) in [4.78, 5) is 11.3. The van der Waals surface area contributed by atoms with Gasteiger partial charge < -0.3 is 9.88 Å². The van der Waals surface area contributed by atoms with Gasteiger partial charge in [0.05, 0.1) is 5.03 Å². The lowest BCUT2D eigenvalue weighted by Gasteiger charge is -2.16. The largest absolute Gasteiger partial charge is 0.349 e. The Morgan fingerprint density at radius 2 is 2.42 bits per heavy atom. The molecule has 2 heterocycles. The van der Waals surface area contributed by atoms with Crippen LogP contribution in [0.5, 0.6) is 0 Å². The molecule has 1 aromatic rings. The summed E-state index contributed by atoms with van der Waals surface area (Å²) in [5, 5.41) is 3.69. The third kappa shape index (κ3) is 0.948. The van der Waals surface area contributed by atoms with E-state index in [9.17, 15) is 4.79 Å². The summed E-state index contributed by atoms with van der Waals surface area (Å²) in [6.07, 6.45) is 0. The monoisotopic (exact) mass is 182 g/mol. The van der Waals surface area contributed by atoms with Crippen LogP contribution in [0.15, 0.2) is 11.1 Å². The maximum atomic E-state index is 11.3. The van der Waals surface area contributed by atoms with Gasteiger partial charge in [-0.2, -0.15) is 0 Å². The Morgan fingerprint density at radius 1 is 1.67 bits per heavy atom. The van der Waals surface area contributed by atoms with Crippen LogP contribution in [-0.4, -0.2) is 17.0 Å².